The molecule has 4 atom stereocenters. The summed E-state index contributed by atoms with van der Waals surface area (Å²) in [7, 11) is -3.74. The van der Waals surface area contributed by atoms with Gasteiger partial charge in [-0.25, -0.2) is 9.59 Å². The molecule has 5 N–H and O–H groups in total. The molecule has 70 heavy (non-hydrogen) atoms. The van der Waals surface area contributed by atoms with Crippen LogP contribution in [-0.2, 0) is 55.1 Å². The first-order valence-electron chi connectivity index (χ1n) is 24.9. The van der Waals surface area contributed by atoms with Crippen molar-refractivity contribution in [3.8, 4) is 0 Å². The van der Waals surface area contributed by atoms with E-state index in [0.717, 1.165) is 24.0 Å². The summed E-state index contributed by atoms with van der Waals surface area (Å²) in [6, 6.07) is 13.7. The molecule has 0 saturated carbocycles. The fourth-order valence-corrected chi connectivity index (χ4v) is 11.0. The molecule has 2 aromatic carbocycles. The second kappa shape index (κ2) is 26.4. The van der Waals surface area contributed by atoms with Crippen LogP contribution in [0.3, 0.4) is 0 Å². The van der Waals surface area contributed by atoms with Gasteiger partial charge in [-0.2, -0.15) is 0 Å². The Morgan fingerprint density at radius 3 is 1.59 bits per heavy atom. The molecule has 390 valence electrons. The second-order valence-corrected chi connectivity index (χ2v) is 22.9. The molecule has 0 radical (unpaired) electrons. The van der Waals surface area contributed by atoms with Crippen molar-refractivity contribution in [2.45, 2.75) is 161 Å². The molecule has 0 bridgehead atoms. The Labute approximate surface area is 415 Å². The van der Waals surface area contributed by atoms with E-state index in [1.807, 2.05) is 74.5 Å². The maximum Gasteiger partial charge on any atom is 0.408 e. The lowest BCUT2D eigenvalue weighted by atomic mass is 9.98. The van der Waals surface area contributed by atoms with Crippen molar-refractivity contribution in [2.24, 2.45) is 5.92 Å². The van der Waals surface area contributed by atoms with Crippen molar-refractivity contribution in [3.63, 3.8) is 0 Å². The van der Waals surface area contributed by atoms with E-state index in [-0.39, 0.29) is 64.4 Å². The average Bonchev–Trinajstić information content (AvgIpc) is 3.79. The number of nitrogens with zero attached hydrogens (tertiary/aromatic N) is 2. The van der Waals surface area contributed by atoms with Gasteiger partial charge in [-0.1, -0.05) is 74.5 Å². The molecule has 0 spiro atoms. The van der Waals surface area contributed by atoms with Gasteiger partial charge in [0.25, 0.3) is 0 Å². The standard InChI is InChI=1S/C51H80N7O11P/c1-11-66-70(65,67-12-2)51(58-29-21-22-30-58)34-57(35-51)46(62)39(27-19-20-28-52-47(63)68-49(5,6)7)53-43(59)40(31-36(3)4)54-44(60)41(32-37-23-15-13-16-24-37)55-45(61)42(33-38-25-17-14-18-26-38)56-48(64)69-50(8,9)10/h13-18,23-26,36,39-42H,11-12,19-22,27-35H2,1-10H3,(H,52,63)(H,53,59)(H,54,60)(H,55,61)(H,56,64). The van der Waals surface area contributed by atoms with E-state index in [1.165, 1.54) is 0 Å². The lowest BCUT2D eigenvalue weighted by Gasteiger charge is -2.56. The number of ether oxygens (including phenoxy) is 2. The molecule has 2 heterocycles. The topological polar surface area (TPSA) is 223 Å². The van der Waals surface area contributed by atoms with Gasteiger partial charge in [0.1, 0.15) is 35.4 Å². The molecule has 0 aromatic heterocycles. The Hall–Kier alpha value is -5.03. The second-order valence-electron chi connectivity index (χ2n) is 20.5. The van der Waals surface area contributed by atoms with Gasteiger partial charge in [-0.15, -0.1) is 0 Å². The number of alkyl carbamates (subject to hydrolysis) is 2. The first kappa shape index (κ1) is 57.5. The van der Waals surface area contributed by atoms with Crippen molar-refractivity contribution in [1.82, 2.24) is 36.4 Å². The fraction of sp³-hybridized carbons (Fsp3) is 0.647. The molecular weight excluding hydrogens is 918 g/mol. The number of rotatable bonds is 25. The van der Waals surface area contributed by atoms with Gasteiger partial charge >= 0.3 is 19.8 Å². The molecule has 18 nitrogen and oxygen atoms in total. The predicted molar refractivity (Wildman–Crippen MR) is 268 cm³/mol. The predicted octanol–water partition coefficient (Wildman–Crippen LogP) is 6.46. The minimum absolute atomic E-state index is 0.0540. The smallest absolute Gasteiger partial charge is 0.408 e. The van der Waals surface area contributed by atoms with Crippen LogP contribution in [0.15, 0.2) is 60.7 Å². The number of hydrogen-bond acceptors (Lipinski definition) is 12. The highest BCUT2D eigenvalue weighted by Crippen LogP contribution is 2.65. The molecule has 2 saturated heterocycles. The Kier molecular flexibility index (Phi) is 21.7. The number of benzene rings is 2. The van der Waals surface area contributed by atoms with E-state index < -0.39 is 84.1 Å². The third-order valence-corrected chi connectivity index (χ3v) is 14.5. The summed E-state index contributed by atoms with van der Waals surface area (Å²) >= 11 is 0. The summed E-state index contributed by atoms with van der Waals surface area (Å²) in [5.74, 6) is -2.38. The molecule has 2 aromatic rings. The van der Waals surface area contributed by atoms with Gasteiger partial charge in [-0.3, -0.25) is 28.6 Å². The molecule has 0 aliphatic carbocycles. The van der Waals surface area contributed by atoms with Crippen LogP contribution in [0.4, 0.5) is 9.59 Å². The van der Waals surface area contributed by atoms with Crippen LogP contribution in [0.2, 0.25) is 0 Å². The van der Waals surface area contributed by atoms with Crippen molar-refractivity contribution < 1.29 is 51.9 Å². The maximum absolute atomic E-state index is 14.6. The number of carbonyl (C=O) groups excluding carboxylic acids is 6. The van der Waals surface area contributed by atoms with E-state index in [1.54, 1.807) is 60.3 Å². The summed E-state index contributed by atoms with van der Waals surface area (Å²) in [5.41, 5.74) is -0.0255. The highest BCUT2D eigenvalue weighted by molar-refractivity contribution is 7.55. The third kappa shape index (κ3) is 17.7. The largest absolute Gasteiger partial charge is 0.444 e. The normalized spacial score (nSPS) is 16.8. The molecule has 2 aliphatic heterocycles. The van der Waals surface area contributed by atoms with Crippen molar-refractivity contribution in [1.29, 1.82) is 0 Å². The lowest BCUT2D eigenvalue weighted by molar-refractivity contribution is -0.146. The zero-order valence-electron chi connectivity index (χ0n) is 43.1. The summed E-state index contributed by atoms with van der Waals surface area (Å²) in [6.07, 6.45) is 1.84. The number of nitrogens with one attached hydrogen (secondary N) is 5. The number of hydrogen-bond donors (Lipinski definition) is 5. The van der Waals surface area contributed by atoms with Gasteiger partial charge < -0.3 is 50.0 Å². The van der Waals surface area contributed by atoms with E-state index in [4.69, 9.17) is 18.5 Å². The van der Waals surface area contributed by atoms with Crippen LogP contribution in [-0.4, -0.2) is 132 Å². The van der Waals surface area contributed by atoms with Crippen molar-refractivity contribution in [3.05, 3.63) is 71.8 Å². The molecule has 4 unspecified atom stereocenters. The first-order valence-corrected chi connectivity index (χ1v) is 26.4. The highest BCUT2D eigenvalue weighted by atomic mass is 31.2. The number of amides is 6. The maximum atomic E-state index is 14.6. The highest BCUT2D eigenvalue weighted by Gasteiger charge is 2.64. The summed E-state index contributed by atoms with van der Waals surface area (Å²) in [5, 5.41) is 13.1. The van der Waals surface area contributed by atoms with Crippen LogP contribution in [0, 0.1) is 5.92 Å². The SMILES string of the molecule is CCOP(=O)(OCC)C1(N2CCCC2)CN(C(=O)C(CCCCNC(=O)OC(C)(C)C)NC(=O)C(CC(C)C)NC(=O)C(Cc2ccccc2)NC(=O)C(Cc2ccccc2)NC(=O)OC(C)(C)C)C1. The van der Waals surface area contributed by atoms with Gasteiger partial charge in [0.2, 0.25) is 23.6 Å². The molecule has 19 heteroatoms. The van der Waals surface area contributed by atoms with Crippen LogP contribution >= 0.6 is 7.60 Å². The molecular formula is C51H80N7O11P. The molecule has 6 amide bonds. The number of carbonyl (C=O) groups is 6. The quantitative estimate of drug-likeness (QED) is 0.0534. The van der Waals surface area contributed by atoms with E-state index in [9.17, 15) is 33.3 Å². The lowest BCUT2D eigenvalue weighted by Crippen LogP contribution is -2.72. The zero-order chi connectivity index (χ0) is 51.7. The zero-order valence-corrected chi connectivity index (χ0v) is 44.0. The Morgan fingerprint density at radius 1 is 0.643 bits per heavy atom. The minimum atomic E-state index is -3.74. The third-order valence-electron chi connectivity index (χ3n) is 11.8. The minimum Gasteiger partial charge on any atom is -0.444 e. The Morgan fingerprint density at radius 2 is 1.10 bits per heavy atom. The van der Waals surface area contributed by atoms with Gasteiger partial charge in [0, 0.05) is 19.4 Å². The Balaban J connectivity index is 1.60. The number of unbranched alkanes of at least 4 members (excludes halogenated alkanes) is 1. The van der Waals surface area contributed by atoms with Gasteiger partial charge in [0.05, 0.1) is 26.3 Å². The van der Waals surface area contributed by atoms with Crippen LogP contribution in [0.1, 0.15) is 119 Å². The monoisotopic (exact) mass is 998 g/mol. The van der Waals surface area contributed by atoms with E-state index in [0.29, 0.717) is 25.9 Å². The van der Waals surface area contributed by atoms with Crippen molar-refractivity contribution >= 4 is 43.4 Å². The summed E-state index contributed by atoms with van der Waals surface area (Å²) in [4.78, 5) is 87.1. The van der Waals surface area contributed by atoms with E-state index >= 15 is 0 Å². The summed E-state index contributed by atoms with van der Waals surface area (Å²) in [6.45, 7) is 19.8. The molecule has 2 fully saturated rings. The van der Waals surface area contributed by atoms with Gasteiger partial charge in [-0.05, 0) is 124 Å². The number of likely N-dealkylation sites (tertiary alicyclic amines) is 2. The molecule has 4 rings (SSSR count). The van der Waals surface area contributed by atoms with Crippen LogP contribution < -0.4 is 26.6 Å². The van der Waals surface area contributed by atoms with Crippen LogP contribution in [0.5, 0.6) is 0 Å². The average molecular weight is 998 g/mol. The molecule has 2 aliphatic rings. The first-order chi connectivity index (χ1) is 33.0. The fourth-order valence-electron chi connectivity index (χ4n) is 8.56. The van der Waals surface area contributed by atoms with Crippen LogP contribution in [0.25, 0.3) is 0 Å². The van der Waals surface area contributed by atoms with Gasteiger partial charge in [0.15, 0.2) is 5.28 Å². The summed E-state index contributed by atoms with van der Waals surface area (Å²) < 4.78 is 37.2. The van der Waals surface area contributed by atoms with E-state index in [2.05, 4.69) is 31.5 Å². The van der Waals surface area contributed by atoms with Crippen molar-refractivity contribution in [2.75, 3.05) is 45.9 Å². The Bertz CT molecular complexity index is 2060.